The first kappa shape index (κ1) is 24.9. The van der Waals surface area contributed by atoms with Crippen LogP contribution < -0.4 is 10.6 Å². The molecule has 3 aromatic rings. The molecule has 0 radical (unpaired) electrons. The van der Waals surface area contributed by atoms with Gasteiger partial charge in [-0.3, -0.25) is 24.6 Å². The Balaban J connectivity index is 1.20. The lowest BCUT2D eigenvalue weighted by molar-refractivity contribution is -0.117. The zero-order valence-electron chi connectivity index (χ0n) is 20.9. The van der Waals surface area contributed by atoms with E-state index >= 15 is 0 Å². The molecule has 2 fully saturated rings. The summed E-state index contributed by atoms with van der Waals surface area (Å²) in [5.41, 5.74) is 4.34. The van der Waals surface area contributed by atoms with Crippen molar-refractivity contribution in [2.45, 2.75) is 31.6 Å². The summed E-state index contributed by atoms with van der Waals surface area (Å²) in [4.78, 5) is 31.8. The Kier molecular flexibility index (Phi) is 7.72. The molecule has 9 heteroatoms. The molecule has 3 heterocycles. The average molecular weight is 501 g/mol. The minimum atomic E-state index is -0.367. The van der Waals surface area contributed by atoms with E-state index in [1.165, 1.54) is 12.8 Å². The maximum Gasteiger partial charge on any atom is 0.248 e. The molecule has 2 aromatic heterocycles. The number of amides is 2. The Labute approximate surface area is 216 Å². The van der Waals surface area contributed by atoms with Crippen molar-refractivity contribution >= 4 is 23.3 Å². The zero-order chi connectivity index (χ0) is 25.6. The topological polar surface area (TPSA) is 112 Å². The molecule has 1 saturated heterocycles. The summed E-state index contributed by atoms with van der Waals surface area (Å²) in [6.07, 6.45) is 9.13. The van der Waals surface area contributed by atoms with Crippen LogP contribution in [0, 0.1) is 0 Å². The largest absolute Gasteiger partial charge is 0.379 e. The summed E-state index contributed by atoms with van der Waals surface area (Å²) in [7, 11) is 0. The van der Waals surface area contributed by atoms with Crippen LogP contribution >= 0.6 is 0 Å². The second-order valence-electron chi connectivity index (χ2n) is 9.59. The number of anilines is 2. The maximum absolute atomic E-state index is 12.9. The SMILES string of the molecule is CC(C(=O)Nc1cc(C2CC2)[nH]n1)c1cccc(-c2cncc(NC(=O)/C=C/CN3CCOCC3)c2)c1. The first-order chi connectivity index (χ1) is 18.0. The molecule has 0 bridgehead atoms. The van der Waals surface area contributed by atoms with Crippen LogP contribution in [0.1, 0.15) is 42.9 Å². The molecule has 1 atom stereocenters. The van der Waals surface area contributed by atoms with Crippen LogP contribution in [-0.2, 0) is 14.3 Å². The van der Waals surface area contributed by atoms with E-state index in [0.29, 0.717) is 17.4 Å². The molecule has 1 aliphatic heterocycles. The predicted octanol–water partition coefficient (Wildman–Crippen LogP) is 3.92. The van der Waals surface area contributed by atoms with Crippen molar-refractivity contribution in [1.82, 2.24) is 20.1 Å². The molecular formula is C28H32N6O3. The summed E-state index contributed by atoms with van der Waals surface area (Å²) in [6, 6.07) is 11.6. The predicted molar refractivity (Wildman–Crippen MR) is 142 cm³/mol. The van der Waals surface area contributed by atoms with Gasteiger partial charge in [-0.2, -0.15) is 5.10 Å². The number of morpholine rings is 1. The number of carbonyl (C=O) groups is 2. The van der Waals surface area contributed by atoms with Crippen LogP contribution in [0.4, 0.5) is 11.5 Å². The van der Waals surface area contributed by atoms with Crippen molar-refractivity contribution in [3.8, 4) is 11.1 Å². The molecular weight excluding hydrogens is 468 g/mol. The third-order valence-electron chi connectivity index (χ3n) is 6.72. The third kappa shape index (κ3) is 6.69. The summed E-state index contributed by atoms with van der Waals surface area (Å²) in [5, 5.41) is 13.0. The number of benzene rings is 1. The van der Waals surface area contributed by atoms with Crippen LogP contribution in [0.15, 0.2) is 60.9 Å². The van der Waals surface area contributed by atoms with Gasteiger partial charge in [-0.25, -0.2) is 0 Å². The highest BCUT2D eigenvalue weighted by atomic mass is 16.5. The number of hydrogen-bond acceptors (Lipinski definition) is 6. The van der Waals surface area contributed by atoms with E-state index in [1.54, 1.807) is 18.5 Å². The normalized spacial score (nSPS) is 17.0. The van der Waals surface area contributed by atoms with Gasteiger partial charge in [0.2, 0.25) is 11.8 Å². The summed E-state index contributed by atoms with van der Waals surface area (Å²) in [6.45, 7) is 5.81. The van der Waals surface area contributed by atoms with Crippen molar-refractivity contribution in [1.29, 1.82) is 0 Å². The van der Waals surface area contributed by atoms with Crippen molar-refractivity contribution in [2.75, 3.05) is 43.5 Å². The Bertz CT molecular complexity index is 1280. The maximum atomic E-state index is 12.9. The number of aromatic nitrogens is 3. The van der Waals surface area contributed by atoms with Crippen LogP contribution in [0.25, 0.3) is 11.1 Å². The Morgan fingerprint density at radius 2 is 1.97 bits per heavy atom. The molecule has 1 aliphatic carbocycles. The number of nitrogens with one attached hydrogen (secondary N) is 3. The fraction of sp³-hybridized carbons (Fsp3) is 0.357. The molecule has 9 nitrogen and oxygen atoms in total. The minimum Gasteiger partial charge on any atom is -0.379 e. The van der Waals surface area contributed by atoms with Crippen molar-refractivity contribution < 1.29 is 14.3 Å². The van der Waals surface area contributed by atoms with Crippen LogP contribution in [0.2, 0.25) is 0 Å². The van der Waals surface area contributed by atoms with Crippen molar-refractivity contribution in [3.05, 3.63) is 72.2 Å². The average Bonchev–Trinajstić information content (AvgIpc) is 3.67. The number of nitrogens with zero attached hydrogens (tertiary/aromatic N) is 3. The van der Waals surface area contributed by atoms with Gasteiger partial charge in [0.1, 0.15) is 0 Å². The highest BCUT2D eigenvalue weighted by molar-refractivity contribution is 5.99. The van der Waals surface area contributed by atoms with Gasteiger partial charge in [-0.15, -0.1) is 0 Å². The van der Waals surface area contributed by atoms with E-state index in [-0.39, 0.29) is 17.7 Å². The second kappa shape index (κ2) is 11.5. The lowest BCUT2D eigenvalue weighted by Gasteiger charge is -2.25. The Hall–Kier alpha value is -3.82. The van der Waals surface area contributed by atoms with Crippen LogP contribution in [0.5, 0.6) is 0 Å². The molecule has 1 saturated carbocycles. The van der Waals surface area contributed by atoms with Crippen LogP contribution in [-0.4, -0.2) is 64.7 Å². The molecule has 1 aromatic carbocycles. The van der Waals surface area contributed by atoms with E-state index in [2.05, 4.69) is 30.7 Å². The molecule has 2 amide bonds. The molecule has 1 unspecified atom stereocenters. The van der Waals surface area contributed by atoms with Crippen molar-refractivity contribution in [2.24, 2.45) is 0 Å². The van der Waals surface area contributed by atoms with E-state index in [0.717, 1.165) is 55.2 Å². The number of rotatable bonds is 9. The molecule has 3 N–H and O–H groups in total. The minimum absolute atomic E-state index is 0.117. The lowest BCUT2D eigenvalue weighted by Crippen LogP contribution is -2.36. The second-order valence-corrected chi connectivity index (χ2v) is 9.59. The van der Waals surface area contributed by atoms with Gasteiger partial charge in [0.05, 0.1) is 31.0 Å². The quantitative estimate of drug-likeness (QED) is 0.384. The van der Waals surface area contributed by atoms with Gasteiger partial charge in [-0.05, 0) is 37.0 Å². The van der Waals surface area contributed by atoms with E-state index in [4.69, 9.17) is 4.74 Å². The number of H-pyrrole nitrogens is 1. The lowest BCUT2D eigenvalue weighted by atomic mass is 9.96. The first-order valence-corrected chi connectivity index (χ1v) is 12.7. The molecule has 192 valence electrons. The first-order valence-electron chi connectivity index (χ1n) is 12.7. The molecule has 0 spiro atoms. The fourth-order valence-corrected chi connectivity index (χ4v) is 4.32. The third-order valence-corrected chi connectivity index (χ3v) is 6.72. The molecule has 5 rings (SSSR count). The molecule has 37 heavy (non-hydrogen) atoms. The van der Waals surface area contributed by atoms with E-state index < -0.39 is 0 Å². The van der Waals surface area contributed by atoms with Gasteiger partial charge in [0, 0.05) is 55.1 Å². The van der Waals surface area contributed by atoms with Crippen LogP contribution in [0.3, 0.4) is 0 Å². The van der Waals surface area contributed by atoms with E-state index in [1.807, 2.05) is 49.4 Å². The highest BCUT2D eigenvalue weighted by Gasteiger charge is 2.26. The zero-order valence-corrected chi connectivity index (χ0v) is 20.9. The number of pyridine rings is 1. The number of ether oxygens (including phenoxy) is 1. The summed E-state index contributed by atoms with van der Waals surface area (Å²) >= 11 is 0. The number of carbonyl (C=O) groups excluding carboxylic acids is 2. The van der Waals surface area contributed by atoms with Gasteiger partial charge in [0.15, 0.2) is 5.82 Å². The van der Waals surface area contributed by atoms with Crippen molar-refractivity contribution in [3.63, 3.8) is 0 Å². The number of aromatic amines is 1. The Morgan fingerprint density at radius 3 is 2.78 bits per heavy atom. The fourth-order valence-electron chi connectivity index (χ4n) is 4.32. The standard InChI is InChI=1S/C28H32N6O3/c1-19(28(36)31-26-16-25(32-33-26)20-7-8-20)21-4-2-5-22(14-21)23-15-24(18-29-17-23)30-27(35)6-3-9-34-10-12-37-13-11-34/h2-6,14-20H,7-13H2,1H3,(H,30,35)(H2,31,32,33,36)/b6-3+. The van der Waals surface area contributed by atoms with Gasteiger partial charge in [-0.1, -0.05) is 30.3 Å². The highest BCUT2D eigenvalue weighted by Crippen LogP contribution is 2.39. The summed E-state index contributed by atoms with van der Waals surface area (Å²) < 4.78 is 5.34. The Morgan fingerprint density at radius 1 is 1.14 bits per heavy atom. The van der Waals surface area contributed by atoms with Gasteiger partial charge in [0.25, 0.3) is 0 Å². The monoisotopic (exact) mass is 500 g/mol. The van der Waals surface area contributed by atoms with E-state index in [9.17, 15) is 9.59 Å². The molecule has 2 aliphatic rings. The van der Waals surface area contributed by atoms with Gasteiger partial charge < -0.3 is 15.4 Å². The smallest absolute Gasteiger partial charge is 0.248 e. The summed E-state index contributed by atoms with van der Waals surface area (Å²) in [5.74, 6) is 0.422. The number of hydrogen-bond donors (Lipinski definition) is 3. The van der Waals surface area contributed by atoms with Gasteiger partial charge >= 0.3 is 0 Å².